The van der Waals surface area contributed by atoms with Gasteiger partial charge in [-0.05, 0) is 57.3 Å². The summed E-state index contributed by atoms with van der Waals surface area (Å²) in [6, 6.07) is 0.100. The van der Waals surface area contributed by atoms with Gasteiger partial charge in [-0.15, -0.1) is 0 Å². The van der Waals surface area contributed by atoms with Gasteiger partial charge in [-0.2, -0.15) is 0 Å². The van der Waals surface area contributed by atoms with Crippen LogP contribution in [0.3, 0.4) is 0 Å². The van der Waals surface area contributed by atoms with Crippen molar-refractivity contribution in [1.82, 2.24) is 29.7 Å². The largest absolute Gasteiger partial charge is 0.446 e. The van der Waals surface area contributed by atoms with Gasteiger partial charge in [0.25, 0.3) is 5.91 Å². The Kier molecular flexibility index (Phi) is 6.82. The highest BCUT2D eigenvalue weighted by atomic mass is 16.6. The number of carbonyl (C=O) groups excluding carboxylic acids is 2. The quantitative estimate of drug-likeness (QED) is 0.415. The Morgan fingerprint density at radius 3 is 2.53 bits per heavy atom. The molecule has 4 fully saturated rings. The lowest BCUT2D eigenvalue weighted by molar-refractivity contribution is -0.137. The molecule has 4 atom stereocenters. The number of ether oxygens (including phenoxy) is 2. The fourth-order valence-electron chi connectivity index (χ4n) is 5.68. The zero-order valence-electron chi connectivity index (χ0n) is 21.2. The van der Waals surface area contributed by atoms with E-state index in [9.17, 15) is 19.8 Å². The summed E-state index contributed by atoms with van der Waals surface area (Å²) in [5, 5.41) is 24.0. The highest BCUT2D eigenvalue weighted by molar-refractivity contribution is 5.83. The molecule has 2 aliphatic heterocycles. The Hall–Kier alpha value is -3.03. The Morgan fingerprint density at radius 2 is 1.82 bits per heavy atom. The minimum atomic E-state index is -1.39. The molecule has 13 heteroatoms. The van der Waals surface area contributed by atoms with Gasteiger partial charge in [-0.25, -0.2) is 19.7 Å². The summed E-state index contributed by atoms with van der Waals surface area (Å²) in [7, 11) is 0. The third-order valence-corrected chi connectivity index (χ3v) is 8.10. The zero-order valence-corrected chi connectivity index (χ0v) is 21.2. The van der Waals surface area contributed by atoms with Crippen molar-refractivity contribution in [2.24, 2.45) is 5.92 Å². The van der Waals surface area contributed by atoms with Gasteiger partial charge in [-0.3, -0.25) is 9.36 Å². The standard InChI is InChI=1S/C25H35N7O6/c26-21-17-22(32(12-27-17)24-19(34)18(33)20(38-24)23(35)28-14-5-6-14)30-16(29-21)11-13-7-9-31(10-8-13)25(36)37-15-3-1-2-4-15/h12-15,18-20,24,33-34H,1-11H2,(H,28,35)(H2,26,29,30)/t18?,19?,20-,24+/m0/s1. The number of nitrogens with one attached hydrogen (secondary N) is 1. The number of carbonyl (C=O) groups is 2. The maximum atomic E-state index is 12.5. The molecule has 206 valence electrons. The third kappa shape index (κ3) is 5.02. The van der Waals surface area contributed by atoms with Gasteiger partial charge in [0.1, 0.15) is 29.7 Å². The van der Waals surface area contributed by atoms with E-state index in [4.69, 9.17) is 15.2 Å². The van der Waals surface area contributed by atoms with Gasteiger partial charge in [0, 0.05) is 25.6 Å². The molecule has 38 heavy (non-hydrogen) atoms. The van der Waals surface area contributed by atoms with E-state index in [0.29, 0.717) is 36.5 Å². The van der Waals surface area contributed by atoms with E-state index in [-0.39, 0.29) is 30.0 Å². The summed E-state index contributed by atoms with van der Waals surface area (Å²) >= 11 is 0. The monoisotopic (exact) mass is 529 g/mol. The van der Waals surface area contributed by atoms with Crippen molar-refractivity contribution in [3.8, 4) is 0 Å². The third-order valence-electron chi connectivity index (χ3n) is 8.10. The molecule has 6 rings (SSSR count). The molecule has 13 nitrogen and oxygen atoms in total. The van der Waals surface area contributed by atoms with E-state index in [2.05, 4.69) is 20.3 Å². The molecule has 2 aromatic heterocycles. The van der Waals surface area contributed by atoms with Crippen molar-refractivity contribution in [2.45, 2.75) is 94.5 Å². The van der Waals surface area contributed by atoms with Gasteiger partial charge in [0.2, 0.25) is 0 Å². The number of fused-ring (bicyclic) bond motifs is 1. The first-order chi connectivity index (χ1) is 18.4. The maximum Gasteiger partial charge on any atom is 0.410 e. The molecule has 0 radical (unpaired) electrons. The van der Waals surface area contributed by atoms with Crippen LogP contribution in [0.2, 0.25) is 0 Å². The first kappa shape index (κ1) is 25.3. The van der Waals surface area contributed by atoms with E-state index < -0.39 is 30.4 Å². The van der Waals surface area contributed by atoms with Crippen molar-refractivity contribution < 1.29 is 29.3 Å². The molecule has 2 saturated heterocycles. The predicted octanol–water partition coefficient (Wildman–Crippen LogP) is 0.640. The van der Waals surface area contributed by atoms with Crippen LogP contribution in [0, 0.1) is 5.92 Å². The number of amides is 2. The average Bonchev–Trinajstić information content (AvgIpc) is 3.25. The Bertz CT molecular complexity index is 1190. The van der Waals surface area contributed by atoms with E-state index in [0.717, 1.165) is 51.4 Å². The first-order valence-corrected chi connectivity index (χ1v) is 13.6. The molecule has 2 aromatic rings. The van der Waals surface area contributed by atoms with Gasteiger partial charge >= 0.3 is 6.09 Å². The number of nitrogens with zero attached hydrogens (tertiary/aromatic N) is 5. The lowest BCUT2D eigenvalue weighted by Crippen LogP contribution is -2.43. The number of aliphatic hydroxyl groups is 2. The lowest BCUT2D eigenvalue weighted by Gasteiger charge is -2.31. The van der Waals surface area contributed by atoms with E-state index in [1.807, 2.05) is 0 Å². The molecule has 4 heterocycles. The van der Waals surface area contributed by atoms with Crippen molar-refractivity contribution >= 4 is 29.0 Å². The number of piperidine rings is 1. The van der Waals surface area contributed by atoms with Crippen molar-refractivity contribution in [1.29, 1.82) is 0 Å². The Labute approximate surface area is 219 Å². The molecule has 2 saturated carbocycles. The van der Waals surface area contributed by atoms with Gasteiger partial charge < -0.3 is 35.6 Å². The lowest BCUT2D eigenvalue weighted by atomic mass is 9.93. The van der Waals surface area contributed by atoms with Crippen molar-refractivity contribution in [2.75, 3.05) is 18.8 Å². The molecule has 0 spiro atoms. The first-order valence-electron chi connectivity index (χ1n) is 13.6. The van der Waals surface area contributed by atoms with E-state index >= 15 is 0 Å². The number of aromatic nitrogens is 4. The van der Waals surface area contributed by atoms with Crippen LogP contribution in [0.4, 0.5) is 10.6 Å². The fourth-order valence-corrected chi connectivity index (χ4v) is 5.68. The van der Waals surface area contributed by atoms with Gasteiger partial charge in [0.05, 0.1) is 6.33 Å². The average molecular weight is 530 g/mol. The summed E-state index contributed by atoms with van der Waals surface area (Å²) in [6.45, 7) is 1.24. The highest BCUT2D eigenvalue weighted by Crippen LogP contribution is 2.33. The molecular weight excluding hydrogens is 494 g/mol. The highest BCUT2D eigenvalue weighted by Gasteiger charge is 2.48. The van der Waals surface area contributed by atoms with Crippen LogP contribution in [0.5, 0.6) is 0 Å². The van der Waals surface area contributed by atoms with E-state index in [1.165, 1.54) is 10.9 Å². The SMILES string of the molecule is Nc1nc(CC2CCN(C(=O)OC3CCCC3)CC2)nc2c1ncn2[C@@H]1O[C@H](C(=O)NC2CC2)C(O)C1O. The smallest absolute Gasteiger partial charge is 0.410 e. The Morgan fingerprint density at radius 1 is 1.08 bits per heavy atom. The molecule has 5 N–H and O–H groups in total. The van der Waals surface area contributed by atoms with Gasteiger partial charge in [0.15, 0.2) is 23.8 Å². The number of hydrogen-bond acceptors (Lipinski definition) is 10. The number of imidazole rings is 1. The van der Waals surface area contributed by atoms with Crippen molar-refractivity contribution in [3.63, 3.8) is 0 Å². The number of anilines is 1. The molecule has 0 aromatic carbocycles. The summed E-state index contributed by atoms with van der Waals surface area (Å²) in [5.41, 5.74) is 6.92. The number of rotatable bonds is 6. The molecule has 4 aliphatic rings. The minimum absolute atomic E-state index is 0.0551. The molecule has 2 unspecified atom stereocenters. The van der Waals surface area contributed by atoms with Crippen molar-refractivity contribution in [3.05, 3.63) is 12.2 Å². The normalized spacial score (nSPS) is 28.7. The molecular formula is C25H35N7O6. The van der Waals surface area contributed by atoms with Crippen LogP contribution in [-0.4, -0.2) is 90.2 Å². The van der Waals surface area contributed by atoms with Crippen LogP contribution in [0.25, 0.3) is 11.2 Å². The molecule has 2 aliphatic carbocycles. The summed E-state index contributed by atoms with van der Waals surface area (Å²) < 4.78 is 12.9. The minimum Gasteiger partial charge on any atom is -0.446 e. The van der Waals surface area contributed by atoms with Crippen LogP contribution in [-0.2, 0) is 20.7 Å². The number of nitrogens with two attached hydrogens (primary N) is 1. The number of nitrogen functional groups attached to an aromatic ring is 1. The van der Waals surface area contributed by atoms with E-state index in [1.54, 1.807) is 4.90 Å². The van der Waals surface area contributed by atoms with Crippen LogP contribution < -0.4 is 11.1 Å². The molecule has 0 bridgehead atoms. The fraction of sp³-hybridized carbons (Fsp3) is 0.720. The number of likely N-dealkylation sites (tertiary alicyclic amines) is 1. The van der Waals surface area contributed by atoms with Gasteiger partial charge in [-0.1, -0.05) is 0 Å². The van der Waals surface area contributed by atoms with Crippen LogP contribution >= 0.6 is 0 Å². The summed E-state index contributed by atoms with van der Waals surface area (Å²) in [4.78, 5) is 40.2. The number of hydrogen-bond donors (Lipinski definition) is 4. The number of aliphatic hydroxyl groups excluding tert-OH is 2. The predicted molar refractivity (Wildman–Crippen MR) is 134 cm³/mol. The topological polar surface area (TPSA) is 178 Å². The second-order valence-electron chi connectivity index (χ2n) is 11.0. The van der Waals surface area contributed by atoms with Crippen LogP contribution in [0.15, 0.2) is 6.33 Å². The van der Waals surface area contributed by atoms with Crippen LogP contribution in [0.1, 0.15) is 63.4 Å². The second kappa shape index (κ2) is 10.3. The maximum absolute atomic E-state index is 12.5. The Balaban J connectivity index is 1.12. The summed E-state index contributed by atoms with van der Waals surface area (Å²) in [5.74, 6) is 0.556. The zero-order chi connectivity index (χ0) is 26.4. The summed E-state index contributed by atoms with van der Waals surface area (Å²) in [6.07, 6.45) is 4.39. The molecule has 2 amide bonds. The second-order valence-corrected chi connectivity index (χ2v) is 11.0.